The molecule has 0 aromatic heterocycles. The van der Waals surface area contributed by atoms with Crippen molar-refractivity contribution in [3.05, 3.63) is 0 Å². The average Bonchev–Trinajstić information content (AvgIpc) is 2.99. The number of nitrogens with one attached hydrogen (secondary N) is 1. The molecular weight excluding hydrogens is 328 g/mol. The molecule has 1 aliphatic rings. The molecule has 3 amide bonds. The average molecular weight is 356 g/mol. The van der Waals surface area contributed by atoms with E-state index in [-0.39, 0.29) is 18.8 Å². The van der Waals surface area contributed by atoms with Crippen LogP contribution in [0.3, 0.4) is 0 Å². The first-order valence-corrected chi connectivity index (χ1v) is 8.51. The van der Waals surface area contributed by atoms with Crippen LogP contribution < -0.4 is 16.8 Å². The van der Waals surface area contributed by atoms with Crippen LogP contribution in [-0.2, 0) is 19.2 Å². The largest absolute Gasteiger partial charge is 0.480 e. The first-order valence-electron chi connectivity index (χ1n) is 8.51. The van der Waals surface area contributed by atoms with Crippen molar-refractivity contribution in [2.24, 2.45) is 17.4 Å². The van der Waals surface area contributed by atoms with E-state index < -0.39 is 41.8 Å². The summed E-state index contributed by atoms with van der Waals surface area (Å²) in [6.45, 7) is 4.14. The predicted molar refractivity (Wildman–Crippen MR) is 90.2 cm³/mol. The zero-order valence-electron chi connectivity index (χ0n) is 14.7. The van der Waals surface area contributed by atoms with E-state index in [4.69, 9.17) is 11.5 Å². The molecule has 3 atom stereocenters. The number of primary amides is 1. The highest BCUT2D eigenvalue weighted by Crippen LogP contribution is 2.19. The van der Waals surface area contributed by atoms with Crippen LogP contribution in [-0.4, -0.2) is 58.4 Å². The van der Waals surface area contributed by atoms with Gasteiger partial charge in [0.05, 0.1) is 6.04 Å². The van der Waals surface area contributed by atoms with Gasteiger partial charge in [-0.1, -0.05) is 13.8 Å². The molecule has 6 N–H and O–H groups in total. The van der Waals surface area contributed by atoms with Gasteiger partial charge in [0.2, 0.25) is 17.7 Å². The molecule has 142 valence electrons. The van der Waals surface area contributed by atoms with E-state index in [0.29, 0.717) is 25.8 Å². The van der Waals surface area contributed by atoms with E-state index in [0.717, 1.165) is 0 Å². The third-order valence-electron chi connectivity index (χ3n) is 4.18. The number of nitrogens with zero attached hydrogens (tertiary/aromatic N) is 1. The lowest BCUT2D eigenvalue weighted by Crippen LogP contribution is -2.54. The van der Waals surface area contributed by atoms with Crippen molar-refractivity contribution in [3.8, 4) is 0 Å². The van der Waals surface area contributed by atoms with Crippen molar-refractivity contribution in [2.75, 3.05) is 6.54 Å². The fourth-order valence-corrected chi connectivity index (χ4v) is 2.93. The molecule has 1 fully saturated rings. The van der Waals surface area contributed by atoms with Crippen LogP contribution in [0.1, 0.15) is 46.0 Å². The van der Waals surface area contributed by atoms with Crippen molar-refractivity contribution < 1.29 is 24.3 Å². The number of amides is 3. The molecule has 9 nitrogen and oxygen atoms in total. The van der Waals surface area contributed by atoms with E-state index in [1.165, 1.54) is 4.90 Å². The standard InChI is InChI=1S/C16H28N4O5/c1-9(2)8-10(17)14(22)19-11(5-6-13(18)21)15(23)20-7-3-4-12(20)16(24)25/h9-12H,3-8,17H2,1-2H3,(H2,18,21)(H,19,22)(H,24,25)/t10-,11-,12+/m0/s1. The number of carbonyl (C=O) groups is 4. The quantitative estimate of drug-likeness (QED) is 0.423. The van der Waals surface area contributed by atoms with E-state index in [2.05, 4.69) is 5.32 Å². The van der Waals surface area contributed by atoms with Gasteiger partial charge in [-0.2, -0.15) is 0 Å². The third kappa shape index (κ3) is 6.33. The third-order valence-corrected chi connectivity index (χ3v) is 4.18. The van der Waals surface area contributed by atoms with Crippen molar-refractivity contribution in [2.45, 2.75) is 64.1 Å². The maximum absolute atomic E-state index is 12.7. The summed E-state index contributed by atoms with van der Waals surface area (Å²) in [6.07, 6.45) is 1.30. The summed E-state index contributed by atoms with van der Waals surface area (Å²) >= 11 is 0. The smallest absolute Gasteiger partial charge is 0.326 e. The molecule has 0 radical (unpaired) electrons. The minimum Gasteiger partial charge on any atom is -0.480 e. The van der Waals surface area contributed by atoms with Gasteiger partial charge < -0.3 is 26.8 Å². The maximum Gasteiger partial charge on any atom is 0.326 e. The molecule has 0 unspecified atom stereocenters. The maximum atomic E-state index is 12.7. The Morgan fingerprint density at radius 1 is 1.28 bits per heavy atom. The van der Waals surface area contributed by atoms with Gasteiger partial charge in [-0.25, -0.2) is 4.79 Å². The zero-order chi connectivity index (χ0) is 19.1. The number of hydrogen-bond acceptors (Lipinski definition) is 5. The minimum atomic E-state index is -1.08. The number of carbonyl (C=O) groups excluding carboxylic acids is 3. The lowest BCUT2D eigenvalue weighted by molar-refractivity contribution is -0.149. The monoisotopic (exact) mass is 356 g/mol. The first-order chi connectivity index (χ1) is 11.6. The van der Waals surface area contributed by atoms with Gasteiger partial charge >= 0.3 is 5.97 Å². The fourth-order valence-electron chi connectivity index (χ4n) is 2.93. The Bertz CT molecular complexity index is 523. The molecule has 0 spiro atoms. The highest BCUT2D eigenvalue weighted by molar-refractivity contribution is 5.92. The fraction of sp³-hybridized carbons (Fsp3) is 0.750. The highest BCUT2D eigenvalue weighted by atomic mass is 16.4. The van der Waals surface area contributed by atoms with E-state index >= 15 is 0 Å². The van der Waals surface area contributed by atoms with Gasteiger partial charge in [0.25, 0.3) is 0 Å². The zero-order valence-corrected chi connectivity index (χ0v) is 14.7. The summed E-state index contributed by atoms with van der Waals surface area (Å²) in [5.74, 6) is -2.49. The number of nitrogens with two attached hydrogens (primary N) is 2. The molecule has 0 saturated carbocycles. The summed E-state index contributed by atoms with van der Waals surface area (Å²) < 4.78 is 0. The Labute approximate surface area is 147 Å². The van der Waals surface area contributed by atoms with E-state index in [9.17, 15) is 24.3 Å². The summed E-state index contributed by atoms with van der Waals surface area (Å²) in [5.41, 5.74) is 11.0. The van der Waals surface area contributed by atoms with Crippen LogP contribution in [0.4, 0.5) is 0 Å². The Morgan fingerprint density at radius 2 is 1.92 bits per heavy atom. The van der Waals surface area contributed by atoms with Gasteiger partial charge in [0.15, 0.2) is 0 Å². The predicted octanol–water partition coefficient (Wildman–Crippen LogP) is -0.814. The number of likely N-dealkylation sites (tertiary alicyclic amines) is 1. The summed E-state index contributed by atoms with van der Waals surface area (Å²) in [5, 5.41) is 11.8. The number of aliphatic carboxylic acids is 1. The molecule has 25 heavy (non-hydrogen) atoms. The molecule has 1 saturated heterocycles. The minimum absolute atomic E-state index is 0.0111. The summed E-state index contributed by atoms with van der Waals surface area (Å²) in [4.78, 5) is 48.5. The molecule has 1 rings (SSSR count). The van der Waals surface area contributed by atoms with E-state index in [1.54, 1.807) is 0 Å². The van der Waals surface area contributed by atoms with Crippen LogP contribution in [0.15, 0.2) is 0 Å². The summed E-state index contributed by atoms with van der Waals surface area (Å²) in [6, 6.07) is -2.71. The molecule has 0 aromatic carbocycles. The second-order valence-corrected chi connectivity index (χ2v) is 6.83. The second kappa shape index (κ2) is 9.36. The molecule has 1 aliphatic heterocycles. The number of hydrogen-bond donors (Lipinski definition) is 4. The lowest BCUT2D eigenvalue weighted by Gasteiger charge is -2.28. The van der Waals surface area contributed by atoms with Gasteiger partial charge in [0.1, 0.15) is 12.1 Å². The van der Waals surface area contributed by atoms with Gasteiger partial charge in [-0.3, -0.25) is 14.4 Å². The van der Waals surface area contributed by atoms with Crippen LogP contribution in [0.25, 0.3) is 0 Å². The second-order valence-electron chi connectivity index (χ2n) is 6.83. The lowest BCUT2D eigenvalue weighted by atomic mass is 10.0. The van der Waals surface area contributed by atoms with Crippen molar-refractivity contribution in [1.82, 2.24) is 10.2 Å². The van der Waals surface area contributed by atoms with Crippen LogP contribution in [0.5, 0.6) is 0 Å². The Balaban J connectivity index is 2.84. The molecular formula is C16H28N4O5. The number of carboxylic acid groups (broad SMARTS) is 1. The number of rotatable bonds is 9. The molecule has 0 aromatic rings. The van der Waals surface area contributed by atoms with E-state index in [1.807, 2.05) is 13.8 Å². The highest BCUT2D eigenvalue weighted by Gasteiger charge is 2.37. The molecule has 1 heterocycles. The molecule has 9 heteroatoms. The Hall–Kier alpha value is -2.16. The van der Waals surface area contributed by atoms with Crippen molar-refractivity contribution in [3.63, 3.8) is 0 Å². The SMILES string of the molecule is CC(C)C[C@H](N)C(=O)N[C@@H](CCC(N)=O)C(=O)N1CCC[C@@H]1C(=O)O. The number of carboxylic acids is 1. The first kappa shape index (κ1) is 20.9. The van der Waals surface area contributed by atoms with Gasteiger partial charge in [-0.05, 0) is 31.6 Å². The van der Waals surface area contributed by atoms with Crippen LogP contribution in [0.2, 0.25) is 0 Å². The van der Waals surface area contributed by atoms with Gasteiger partial charge in [-0.15, -0.1) is 0 Å². The topological polar surface area (TPSA) is 156 Å². The Kier molecular flexibility index (Phi) is 7.82. The van der Waals surface area contributed by atoms with Crippen LogP contribution in [0, 0.1) is 5.92 Å². The molecule has 0 bridgehead atoms. The van der Waals surface area contributed by atoms with Crippen molar-refractivity contribution >= 4 is 23.7 Å². The Morgan fingerprint density at radius 3 is 2.44 bits per heavy atom. The van der Waals surface area contributed by atoms with Gasteiger partial charge in [0, 0.05) is 13.0 Å². The van der Waals surface area contributed by atoms with Crippen LogP contribution >= 0.6 is 0 Å². The van der Waals surface area contributed by atoms with Crippen molar-refractivity contribution in [1.29, 1.82) is 0 Å². The normalized spacial score (nSPS) is 19.5. The summed E-state index contributed by atoms with van der Waals surface area (Å²) in [7, 11) is 0. The molecule has 0 aliphatic carbocycles.